The molecule has 2 aromatic rings. The summed E-state index contributed by atoms with van der Waals surface area (Å²) in [5.74, 6) is -1.09. The summed E-state index contributed by atoms with van der Waals surface area (Å²) in [6.45, 7) is 0.0651. The van der Waals surface area contributed by atoms with Crippen molar-refractivity contribution in [3.05, 3.63) is 63.6 Å². The van der Waals surface area contributed by atoms with Crippen molar-refractivity contribution in [3.63, 3.8) is 0 Å². The van der Waals surface area contributed by atoms with Crippen LogP contribution in [0.1, 0.15) is 17.3 Å². The van der Waals surface area contributed by atoms with Gasteiger partial charge in [-0.25, -0.2) is 9.18 Å². The Kier molecular flexibility index (Phi) is 5.06. The van der Waals surface area contributed by atoms with Crippen LogP contribution in [0, 0.1) is 5.82 Å². The number of carbonyl (C=O) groups is 2. The van der Waals surface area contributed by atoms with Crippen molar-refractivity contribution in [1.82, 2.24) is 15.6 Å². The van der Waals surface area contributed by atoms with E-state index >= 15 is 0 Å². The van der Waals surface area contributed by atoms with E-state index in [1.165, 1.54) is 24.4 Å². The molecule has 1 saturated heterocycles. The minimum Gasteiger partial charge on any atom is -0.434 e. The predicted molar refractivity (Wildman–Crippen MR) is 88.9 cm³/mol. The van der Waals surface area contributed by atoms with Gasteiger partial charge in [-0.1, -0.05) is 29.3 Å². The van der Waals surface area contributed by atoms with Gasteiger partial charge in [-0.3, -0.25) is 9.78 Å². The molecule has 2 atom stereocenters. The van der Waals surface area contributed by atoms with Crippen LogP contribution in [0.3, 0.4) is 0 Å². The summed E-state index contributed by atoms with van der Waals surface area (Å²) in [4.78, 5) is 27.7. The molecule has 9 heteroatoms. The van der Waals surface area contributed by atoms with Crippen LogP contribution in [0.4, 0.5) is 9.18 Å². The number of halogens is 3. The van der Waals surface area contributed by atoms with Gasteiger partial charge in [-0.2, -0.15) is 0 Å². The Balaban J connectivity index is 1.91. The third-order valence-electron chi connectivity index (χ3n) is 3.58. The molecule has 3 rings (SSSR count). The summed E-state index contributed by atoms with van der Waals surface area (Å²) in [5, 5.41) is 5.48. The molecule has 130 valence electrons. The van der Waals surface area contributed by atoms with Crippen LogP contribution in [0.2, 0.25) is 10.0 Å². The summed E-state index contributed by atoms with van der Waals surface area (Å²) in [5.41, 5.74) is 0.990. The lowest BCUT2D eigenvalue weighted by molar-refractivity contribution is -0.128. The van der Waals surface area contributed by atoms with Gasteiger partial charge in [0.05, 0.1) is 28.3 Å². The maximum absolute atomic E-state index is 13.5. The summed E-state index contributed by atoms with van der Waals surface area (Å²) >= 11 is 11.7. The molecule has 1 aliphatic rings. The molecule has 1 fully saturated rings. The van der Waals surface area contributed by atoms with Gasteiger partial charge in [0.15, 0.2) is 6.10 Å². The van der Waals surface area contributed by atoms with Crippen LogP contribution in [-0.4, -0.2) is 29.6 Å². The minimum atomic E-state index is -0.960. The third-order valence-corrected chi connectivity index (χ3v) is 4.10. The maximum Gasteiger partial charge on any atom is 0.408 e. The molecule has 2 heterocycles. The molecule has 1 unspecified atom stereocenters. The summed E-state index contributed by atoms with van der Waals surface area (Å²) in [7, 11) is 0. The Labute approximate surface area is 152 Å². The number of ether oxygens (including phenoxy) is 1. The maximum atomic E-state index is 13.5. The Morgan fingerprint density at radius 1 is 1.36 bits per heavy atom. The predicted octanol–water partition coefficient (Wildman–Crippen LogP) is 2.84. The van der Waals surface area contributed by atoms with Crippen LogP contribution >= 0.6 is 23.2 Å². The molecule has 1 aromatic heterocycles. The zero-order valence-corrected chi connectivity index (χ0v) is 14.1. The van der Waals surface area contributed by atoms with Crippen molar-refractivity contribution in [3.8, 4) is 0 Å². The first-order valence-electron chi connectivity index (χ1n) is 7.25. The highest BCUT2D eigenvalue weighted by Gasteiger charge is 2.31. The number of pyridine rings is 1. The van der Waals surface area contributed by atoms with Crippen molar-refractivity contribution in [2.45, 2.75) is 12.1 Å². The number of alkyl carbamates (subject to hydrolysis) is 1. The highest BCUT2D eigenvalue weighted by molar-refractivity contribution is 6.31. The topological polar surface area (TPSA) is 80.3 Å². The van der Waals surface area contributed by atoms with Crippen LogP contribution in [-0.2, 0) is 9.53 Å². The van der Waals surface area contributed by atoms with Gasteiger partial charge in [0, 0.05) is 6.20 Å². The van der Waals surface area contributed by atoms with Crippen molar-refractivity contribution >= 4 is 35.2 Å². The zero-order valence-electron chi connectivity index (χ0n) is 12.6. The fourth-order valence-electron chi connectivity index (χ4n) is 2.35. The molecule has 2 amide bonds. The van der Waals surface area contributed by atoms with Gasteiger partial charge in [0.1, 0.15) is 5.82 Å². The molecule has 6 nitrogen and oxygen atoms in total. The minimum absolute atomic E-state index is 0.0651. The van der Waals surface area contributed by atoms with Crippen LogP contribution < -0.4 is 10.6 Å². The summed E-state index contributed by atoms with van der Waals surface area (Å²) in [6, 6.07) is 6.61. The van der Waals surface area contributed by atoms with E-state index in [0.29, 0.717) is 16.3 Å². The molecular weight excluding hydrogens is 372 g/mol. The highest BCUT2D eigenvalue weighted by Crippen LogP contribution is 2.26. The number of nitrogens with zero attached hydrogens (tertiary/aromatic N) is 1. The molecule has 0 aliphatic carbocycles. The second-order valence-electron chi connectivity index (χ2n) is 5.29. The van der Waals surface area contributed by atoms with E-state index in [1.54, 1.807) is 12.1 Å². The lowest BCUT2D eigenvalue weighted by atomic mass is 10.0. The van der Waals surface area contributed by atoms with E-state index in [1.807, 2.05) is 0 Å². The molecule has 25 heavy (non-hydrogen) atoms. The van der Waals surface area contributed by atoms with E-state index in [0.717, 1.165) is 0 Å². The average molecular weight is 384 g/mol. The fraction of sp³-hybridized carbons (Fsp3) is 0.188. The largest absolute Gasteiger partial charge is 0.434 e. The Hall–Kier alpha value is -2.38. The van der Waals surface area contributed by atoms with Gasteiger partial charge >= 0.3 is 6.09 Å². The average Bonchev–Trinajstić information content (AvgIpc) is 3.03. The first-order chi connectivity index (χ1) is 11.9. The number of benzene rings is 1. The van der Waals surface area contributed by atoms with Crippen molar-refractivity contribution in [1.29, 1.82) is 0 Å². The number of amides is 2. The van der Waals surface area contributed by atoms with Gasteiger partial charge in [-0.05, 0) is 29.8 Å². The van der Waals surface area contributed by atoms with Crippen LogP contribution in [0.25, 0.3) is 0 Å². The molecule has 2 N–H and O–H groups in total. The second-order valence-corrected chi connectivity index (χ2v) is 6.13. The van der Waals surface area contributed by atoms with Crippen molar-refractivity contribution in [2.75, 3.05) is 6.54 Å². The van der Waals surface area contributed by atoms with Crippen LogP contribution in [0.15, 0.2) is 36.5 Å². The lowest BCUT2D eigenvalue weighted by Crippen LogP contribution is -2.39. The molecule has 1 aromatic carbocycles. The lowest BCUT2D eigenvalue weighted by Gasteiger charge is -2.20. The van der Waals surface area contributed by atoms with E-state index in [2.05, 4.69) is 15.6 Å². The summed E-state index contributed by atoms with van der Waals surface area (Å²) in [6.07, 6.45) is -0.192. The number of hydrogen-bond donors (Lipinski definition) is 2. The van der Waals surface area contributed by atoms with Gasteiger partial charge in [-0.15, -0.1) is 0 Å². The molecule has 0 spiro atoms. The standard InChI is InChI=1S/C16H12Cl2FN3O3/c17-9-2-4-12(20-6-9)14(8-1-3-11(19)10(18)5-8)22-15(23)13-7-21-16(24)25-13/h1-6,13-14H,7H2,(H,21,24)(H,22,23)/t13-,14?/m0/s1. The monoisotopic (exact) mass is 383 g/mol. The number of cyclic esters (lactones) is 1. The fourth-order valence-corrected chi connectivity index (χ4v) is 2.65. The quantitative estimate of drug-likeness (QED) is 0.850. The summed E-state index contributed by atoms with van der Waals surface area (Å²) < 4.78 is 18.3. The number of rotatable bonds is 4. The molecule has 0 radical (unpaired) electrons. The van der Waals surface area contributed by atoms with E-state index in [-0.39, 0.29) is 11.6 Å². The van der Waals surface area contributed by atoms with Gasteiger partial charge in [0.2, 0.25) is 0 Å². The van der Waals surface area contributed by atoms with Crippen molar-refractivity contribution < 1.29 is 18.7 Å². The molecule has 1 aliphatic heterocycles. The van der Waals surface area contributed by atoms with Crippen LogP contribution in [0.5, 0.6) is 0 Å². The molecule has 0 saturated carbocycles. The van der Waals surface area contributed by atoms with E-state index in [4.69, 9.17) is 27.9 Å². The number of carbonyl (C=O) groups excluding carboxylic acids is 2. The van der Waals surface area contributed by atoms with Gasteiger partial charge < -0.3 is 15.4 Å². The third kappa shape index (κ3) is 4.00. The zero-order chi connectivity index (χ0) is 18.0. The Morgan fingerprint density at radius 2 is 2.16 bits per heavy atom. The number of hydrogen-bond acceptors (Lipinski definition) is 4. The first-order valence-corrected chi connectivity index (χ1v) is 8.01. The highest BCUT2D eigenvalue weighted by atomic mass is 35.5. The normalized spacial score (nSPS) is 17.6. The Bertz CT molecular complexity index is 817. The first kappa shape index (κ1) is 17.4. The molecular formula is C16H12Cl2FN3O3. The molecule has 0 bridgehead atoms. The van der Waals surface area contributed by atoms with Gasteiger partial charge in [0.25, 0.3) is 5.91 Å². The SMILES string of the molecule is O=C1NC[C@@H](C(=O)NC(c2ccc(F)c(Cl)c2)c2ccc(Cl)cn2)O1. The van der Waals surface area contributed by atoms with E-state index in [9.17, 15) is 14.0 Å². The second kappa shape index (κ2) is 7.25. The van der Waals surface area contributed by atoms with E-state index < -0.39 is 30.0 Å². The number of aromatic nitrogens is 1. The smallest absolute Gasteiger partial charge is 0.408 e. The Morgan fingerprint density at radius 3 is 2.76 bits per heavy atom. The number of nitrogens with one attached hydrogen (secondary N) is 2. The van der Waals surface area contributed by atoms with Crippen molar-refractivity contribution in [2.24, 2.45) is 0 Å².